The van der Waals surface area contributed by atoms with E-state index in [0.717, 1.165) is 55.9 Å². The molecule has 1 aromatic heterocycles. The highest BCUT2D eigenvalue weighted by atomic mass is 16.5. The average molecular weight is 399 g/mol. The van der Waals surface area contributed by atoms with Gasteiger partial charge in [-0.2, -0.15) is 0 Å². The maximum atomic E-state index is 13.5. The first kappa shape index (κ1) is 18.9. The molecule has 1 saturated carbocycles. The lowest BCUT2D eigenvalue weighted by atomic mass is 9.56. The van der Waals surface area contributed by atoms with Crippen LogP contribution in [0.1, 0.15) is 30.5 Å². The van der Waals surface area contributed by atoms with Crippen LogP contribution in [0.5, 0.6) is 5.75 Å². The first-order valence-corrected chi connectivity index (χ1v) is 10.6. The minimum atomic E-state index is -0.633. The van der Waals surface area contributed by atoms with Gasteiger partial charge in [-0.1, -0.05) is 0 Å². The number of carbonyl (C=O) groups excluding carboxylic acids is 1. The van der Waals surface area contributed by atoms with Gasteiger partial charge in [0.15, 0.2) is 0 Å². The zero-order chi connectivity index (χ0) is 20.2. The Bertz CT molecular complexity index is 938. The fraction of sp³-hybridized carbons (Fsp3) is 0.609. The minimum Gasteiger partial charge on any atom is -0.497 e. The molecular formula is C23H30N2O4. The summed E-state index contributed by atoms with van der Waals surface area (Å²) in [6, 6.07) is 6.30. The fourth-order valence-electron chi connectivity index (χ4n) is 6.58. The van der Waals surface area contributed by atoms with E-state index >= 15 is 0 Å². The van der Waals surface area contributed by atoms with Crippen LogP contribution in [0, 0.1) is 11.8 Å². The molecule has 29 heavy (non-hydrogen) atoms. The summed E-state index contributed by atoms with van der Waals surface area (Å²) in [7, 11) is 4.98. The number of rotatable bonds is 5. The predicted molar refractivity (Wildman–Crippen MR) is 110 cm³/mol. The van der Waals surface area contributed by atoms with Gasteiger partial charge >= 0.3 is 5.97 Å². The smallest absolute Gasteiger partial charge is 0.319 e. The lowest BCUT2D eigenvalue weighted by Crippen LogP contribution is -2.67. The van der Waals surface area contributed by atoms with Crippen molar-refractivity contribution in [3.8, 4) is 5.75 Å². The number of fused-ring (bicyclic) bond motifs is 4. The van der Waals surface area contributed by atoms with Gasteiger partial charge in [0.05, 0.1) is 14.2 Å². The van der Waals surface area contributed by atoms with Crippen molar-refractivity contribution < 1.29 is 19.0 Å². The van der Waals surface area contributed by atoms with E-state index in [1.165, 1.54) is 24.5 Å². The fourth-order valence-corrected chi connectivity index (χ4v) is 6.58. The van der Waals surface area contributed by atoms with Gasteiger partial charge in [0.25, 0.3) is 0 Å². The van der Waals surface area contributed by atoms with E-state index in [-0.39, 0.29) is 12.0 Å². The molecule has 2 saturated heterocycles. The number of hydrogen-bond donors (Lipinski definition) is 1. The predicted octanol–water partition coefficient (Wildman–Crippen LogP) is 2.89. The Morgan fingerprint density at radius 1 is 1.31 bits per heavy atom. The van der Waals surface area contributed by atoms with Crippen molar-refractivity contribution in [2.45, 2.75) is 37.1 Å². The lowest BCUT2D eigenvalue weighted by Gasteiger charge is -2.58. The molecule has 1 aliphatic carbocycles. The third kappa shape index (κ3) is 2.65. The van der Waals surface area contributed by atoms with E-state index < -0.39 is 5.41 Å². The molecule has 0 spiro atoms. The molecular weight excluding hydrogens is 368 g/mol. The van der Waals surface area contributed by atoms with Crippen LogP contribution < -0.4 is 4.74 Å². The Kier molecular flexibility index (Phi) is 4.59. The number of carbonyl (C=O) groups is 1. The van der Waals surface area contributed by atoms with Gasteiger partial charge in [-0.3, -0.25) is 9.69 Å². The van der Waals surface area contributed by atoms with Crippen LogP contribution in [0.25, 0.3) is 10.9 Å². The van der Waals surface area contributed by atoms with Crippen molar-refractivity contribution in [2.75, 3.05) is 41.0 Å². The van der Waals surface area contributed by atoms with Gasteiger partial charge < -0.3 is 19.2 Å². The molecule has 4 bridgehead atoms. The van der Waals surface area contributed by atoms with Crippen molar-refractivity contribution >= 4 is 16.9 Å². The number of aromatic nitrogens is 1. The first-order valence-electron chi connectivity index (χ1n) is 10.6. The summed E-state index contributed by atoms with van der Waals surface area (Å²) in [6.07, 6.45) is 3.95. The monoisotopic (exact) mass is 398 g/mol. The molecule has 5 atom stereocenters. The van der Waals surface area contributed by atoms with Crippen LogP contribution in [0.2, 0.25) is 0 Å². The lowest BCUT2D eigenvalue weighted by molar-refractivity contribution is -0.162. The van der Waals surface area contributed by atoms with Crippen molar-refractivity contribution in [1.29, 1.82) is 0 Å². The standard InChI is InChI=1S/C23H30N2O4/c1-27-9-7-15-10-14-12-23(22(26)29-3)20-17(6-8-25(13-14)21(15)23)18-11-16(28-2)4-5-19(18)24-20/h4-5,11,14-15,21,24H,6-10,12-13H2,1-3H3/t14-,15+,21+,23-/m1/s1. The zero-order valence-electron chi connectivity index (χ0n) is 17.5. The summed E-state index contributed by atoms with van der Waals surface area (Å²) in [4.78, 5) is 19.7. The number of ether oxygens (including phenoxy) is 3. The van der Waals surface area contributed by atoms with Gasteiger partial charge in [0, 0.05) is 49.4 Å². The van der Waals surface area contributed by atoms with Gasteiger partial charge in [-0.05, 0) is 61.3 Å². The van der Waals surface area contributed by atoms with E-state index in [0.29, 0.717) is 11.8 Å². The minimum absolute atomic E-state index is 0.0963. The van der Waals surface area contributed by atoms with Crippen LogP contribution in [-0.2, 0) is 26.1 Å². The summed E-state index contributed by atoms with van der Waals surface area (Å²) >= 11 is 0. The van der Waals surface area contributed by atoms with Gasteiger partial charge in [0.1, 0.15) is 11.2 Å². The molecule has 4 aliphatic rings. The number of methoxy groups -OCH3 is 3. The SMILES string of the molecule is COCC[C@H]1C[C@H]2CN3CCc4c([nH]c5ccc(OC)cc45)[C@](C(=O)OC)(C2)[C@H]13. The van der Waals surface area contributed by atoms with E-state index in [4.69, 9.17) is 14.2 Å². The normalized spacial score (nSPS) is 32.7. The van der Waals surface area contributed by atoms with Crippen molar-refractivity contribution in [3.63, 3.8) is 0 Å². The van der Waals surface area contributed by atoms with Crippen LogP contribution >= 0.6 is 0 Å². The van der Waals surface area contributed by atoms with Crippen molar-refractivity contribution in [1.82, 2.24) is 9.88 Å². The summed E-state index contributed by atoms with van der Waals surface area (Å²) in [5.41, 5.74) is 2.77. The summed E-state index contributed by atoms with van der Waals surface area (Å²) in [5.74, 6) is 1.70. The molecule has 6 nitrogen and oxygen atoms in total. The maximum absolute atomic E-state index is 13.5. The van der Waals surface area contributed by atoms with Crippen LogP contribution in [-0.4, -0.2) is 62.9 Å². The first-order chi connectivity index (χ1) is 14.1. The molecule has 3 aliphatic heterocycles. The second kappa shape index (κ2) is 7.03. The van der Waals surface area contributed by atoms with E-state index in [9.17, 15) is 4.79 Å². The topological polar surface area (TPSA) is 63.8 Å². The summed E-state index contributed by atoms with van der Waals surface area (Å²) < 4.78 is 16.4. The van der Waals surface area contributed by atoms with Gasteiger partial charge in [-0.15, -0.1) is 0 Å². The molecule has 3 fully saturated rings. The molecule has 156 valence electrons. The molecule has 6 rings (SSSR count). The second-order valence-electron chi connectivity index (χ2n) is 8.89. The molecule has 4 heterocycles. The van der Waals surface area contributed by atoms with Gasteiger partial charge in [-0.25, -0.2) is 0 Å². The molecule has 0 amide bonds. The molecule has 1 unspecified atom stereocenters. The second-order valence-corrected chi connectivity index (χ2v) is 8.89. The third-order valence-electron chi connectivity index (χ3n) is 7.54. The van der Waals surface area contributed by atoms with E-state index in [2.05, 4.69) is 22.0 Å². The summed E-state index contributed by atoms with van der Waals surface area (Å²) in [6.45, 7) is 2.79. The molecule has 0 radical (unpaired) electrons. The number of hydrogen-bond acceptors (Lipinski definition) is 5. The number of benzene rings is 1. The molecule has 2 aromatic rings. The highest BCUT2D eigenvalue weighted by molar-refractivity contribution is 5.92. The molecule has 1 N–H and O–H groups in total. The number of nitrogens with one attached hydrogen (secondary N) is 1. The highest BCUT2D eigenvalue weighted by Crippen LogP contribution is 2.55. The maximum Gasteiger partial charge on any atom is 0.319 e. The van der Waals surface area contributed by atoms with Crippen LogP contribution in [0.3, 0.4) is 0 Å². The number of esters is 1. The van der Waals surface area contributed by atoms with Gasteiger partial charge in [0.2, 0.25) is 0 Å². The number of H-pyrrole nitrogens is 1. The number of piperidine rings is 2. The highest BCUT2D eigenvalue weighted by Gasteiger charge is 2.62. The van der Waals surface area contributed by atoms with Crippen LogP contribution in [0.4, 0.5) is 0 Å². The number of aromatic amines is 1. The van der Waals surface area contributed by atoms with E-state index in [1.807, 2.05) is 6.07 Å². The largest absolute Gasteiger partial charge is 0.497 e. The van der Waals surface area contributed by atoms with Crippen LogP contribution in [0.15, 0.2) is 18.2 Å². The third-order valence-corrected chi connectivity index (χ3v) is 7.54. The Balaban J connectivity index is 1.72. The average Bonchev–Trinajstić information content (AvgIpc) is 3.08. The Morgan fingerprint density at radius 3 is 2.93 bits per heavy atom. The van der Waals surface area contributed by atoms with E-state index in [1.54, 1.807) is 14.2 Å². The Hall–Kier alpha value is -2.05. The van der Waals surface area contributed by atoms with Crippen molar-refractivity contribution in [3.05, 3.63) is 29.5 Å². The Morgan fingerprint density at radius 2 is 2.17 bits per heavy atom. The number of nitrogens with zero attached hydrogens (tertiary/aromatic N) is 1. The quantitative estimate of drug-likeness (QED) is 0.785. The molecule has 6 heteroatoms. The summed E-state index contributed by atoms with van der Waals surface area (Å²) in [5, 5.41) is 1.17. The zero-order valence-corrected chi connectivity index (χ0v) is 17.5. The van der Waals surface area contributed by atoms with Crippen molar-refractivity contribution in [2.24, 2.45) is 11.8 Å². The Labute approximate surface area is 171 Å². The molecule has 1 aromatic carbocycles.